The third-order valence-electron chi connectivity index (χ3n) is 4.64. The number of pyridine rings is 2. The molecule has 0 bridgehead atoms. The molecule has 5 rings (SSSR count). The summed E-state index contributed by atoms with van der Waals surface area (Å²) in [6, 6.07) is 13.9. The van der Waals surface area contributed by atoms with Crippen LogP contribution in [0.3, 0.4) is 0 Å². The van der Waals surface area contributed by atoms with Crippen LogP contribution in [0.1, 0.15) is 5.56 Å². The number of aromatic amines is 1. The second-order valence-corrected chi connectivity index (χ2v) is 6.41. The lowest BCUT2D eigenvalue weighted by molar-refractivity contribution is 0.748. The number of fused-ring (bicyclic) bond motifs is 2. The standard InChI is InChI=1S/C21H15N5O/c27-21-18-5-6-22-11-19(18)25-13-26(21)12-14-2-1-3-15(8-14)17-9-16-4-7-23-20(16)24-10-17/h1-11,13H,12H2,(H,23,24). The van der Waals surface area contributed by atoms with Crippen LogP contribution in [0.5, 0.6) is 0 Å². The van der Waals surface area contributed by atoms with Gasteiger partial charge in [0.15, 0.2) is 0 Å². The molecule has 27 heavy (non-hydrogen) atoms. The Bertz CT molecular complexity index is 1340. The number of aromatic nitrogens is 5. The fraction of sp³-hybridized carbons (Fsp3) is 0.0476. The molecule has 5 aromatic rings. The first-order valence-electron chi connectivity index (χ1n) is 8.59. The molecule has 6 nitrogen and oxygen atoms in total. The molecule has 4 heterocycles. The van der Waals surface area contributed by atoms with Gasteiger partial charge in [-0.1, -0.05) is 18.2 Å². The first kappa shape index (κ1) is 15.5. The van der Waals surface area contributed by atoms with Crippen molar-refractivity contribution in [2.45, 2.75) is 6.54 Å². The van der Waals surface area contributed by atoms with E-state index >= 15 is 0 Å². The second-order valence-electron chi connectivity index (χ2n) is 6.41. The van der Waals surface area contributed by atoms with Gasteiger partial charge >= 0.3 is 0 Å². The van der Waals surface area contributed by atoms with Gasteiger partial charge in [0.25, 0.3) is 5.56 Å². The van der Waals surface area contributed by atoms with E-state index in [1.165, 1.54) is 0 Å². The van der Waals surface area contributed by atoms with E-state index in [1.54, 1.807) is 29.4 Å². The number of rotatable bonds is 3. The first-order chi connectivity index (χ1) is 13.3. The summed E-state index contributed by atoms with van der Waals surface area (Å²) in [4.78, 5) is 28.6. The van der Waals surface area contributed by atoms with Crippen LogP contribution in [-0.4, -0.2) is 24.5 Å². The number of benzene rings is 1. The molecule has 0 aliphatic carbocycles. The number of nitrogens with zero attached hydrogens (tertiary/aromatic N) is 4. The number of H-pyrrole nitrogens is 1. The van der Waals surface area contributed by atoms with E-state index in [2.05, 4.69) is 32.1 Å². The van der Waals surface area contributed by atoms with Crippen molar-refractivity contribution in [3.8, 4) is 11.1 Å². The Labute approximate surface area is 154 Å². The van der Waals surface area contributed by atoms with E-state index in [4.69, 9.17) is 0 Å². The van der Waals surface area contributed by atoms with Crippen LogP contribution in [0.15, 0.2) is 78.4 Å². The highest BCUT2D eigenvalue weighted by Crippen LogP contribution is 2.23. The molecule has 0 saturated heterocycles. The fourth-order valence-corrected chi connectivity index (χ4v) is 3.27. The maximum atomic E-state index is 12.7. The van der Waals surface area contributed by atoms with Crippen molar-refractivity contribution in [3.63, 3.8) is 0 Å². The molecule has 6 heteroatoms. The topological polar surface area (TPSA) is 76.5 Å². The first-order valence-corrected chi connectivity index (χ1v) is 8.59. The van der Waals surface area contributed by atoms with Gasteiger partial charge in [-0.2, -0.15) is 0 Å². The molecule has 0 radical (unpaired) electrons. The Kier molecular flexibility index (Phi) is 3.53. The highest BCUT2D eigenvalue weighted by molar-refractivity contribution is 5.81. The minimum atomic E-state index is -0.0665. The van der Waals surface area contributed by atoms with Gasteiger partial charge in [0.2, 0.25) is 0 Å². The van der Waals surface area contributed by atoms with E-state index in [-0.39, 0.29) is 5.56 Å². The molecule has 1 N–H and O–H groups in total. The fourth-order valence-electron chi connectivity index (χ4n) is 3.27. The SMILES string of the molecule is O=c1c2ccncc2ncn1Cc1cccc(-c2cnc3[nH]ccc3c2)c1. The maximum Gasteiger partial charge on any atom is 0.261 e. The summed E-state index contributed by atoms with van der Waals surface area (Å²) in [6.45, 7) is 0.456. The van der Waals surface area contributed by atoms with Crippen LogP contribution in [0.25, 0.3) is 33.1 Å². The van der Waals surface area contributed by atoms with E-state index in [9.17, 15) is 4.79 Å². The zero-order chi connectivity index (χ0) is 18.2. The van der Waals surface area contributed by atoms with Crippen molar-refractivity contribution in [2.24, 2.45) is 0 Å². The largest absolute Gasteiger partial charge is 0.346 e. The van der Waals surface area contributed by atoms with Crippen molar-refractivity contribution in [2.75, 3.05) is 0 Å². The molecule has 0 atom stereocenters. The van der Waals surface area contributed by atoms with Gasteiger partial charge in [-0.05, 0) is 35.4 Å². The Morgan fingerprint density at radius 1 is 1.00 bits per heavy atom. The van der Waals surface area contributed by atoms with E-state index < -0.39 is 0 Å². The predicted molar refractivity (Wildman–Crippen MR) is 104 cm³/mol. The van der Waals surface area contributed by atoms with Crippen molar-refractivity contribution in [3.05, 3.63) is 89.5 Å². The summed E-state index contributed by atoms with van der Waals surface area (Å²) >= 11 is 0. The van der Waals surface area contributed by atoms with Gasteiger partial charge < -0.3 is 4.98 Å². The number of hydrogen-bond acceptors (Lipinski definition) is 4. The van der Waals surface area contributed by atoms with Crippen LogP contribution in [0.2, 0.25) is 0 Å². The second kappa shape index (κ2) is 6.17. The van der Waals surface area contributed by atoms with E-state index in [0.29, 0.717) is 17.4 Å². The van der Waals surface area contributed by atoms with Crippen LogP contribution in [-0.2, 0) is 6.54 Å². The Hall–Kier alpha value is -3.80. The molecule has 0 fully saturated rings. The molecule has 0 amide bonds. The molecule has 1 aromatic carbocycles. The average Bonchev–Trinajstić information content (AvgIpc) is 3.18. The van der Waals surface area contributed by atoms with Crippen molar-refractivity contribution < 1.29 is 0 Å². The lowest BCUT2D eigenvalue weighted by atomic mass is 10.0. The molecule has 0 spiro atoms. The number of nitrogens with one attached hydrogen (secondary N) is 1. The van der Waals surface area contributed by atoms with Gasteiger partial charge in [-0.25, -0.2) is 9.97 Å². The Morgan fingerprint density at radius 3 is 2.93 bits per heavy atom. The van der Waals surface area contributed by atoms with Gasteiger partial charge in [0.1, 0.15) is 5.65 Å². The van der Waals surface area contributed by atoms with Crippen LogP contribution >= 0.6 is 0 Å². The minimum absolute atomic E-state index is 0.0665. The lowest BCUT2D eigenvalue weighted by Gasteiger charge is -2.09. The lowest BCUT2D eigenvalue weighted by Crippen LogP contribution is -2.21. The normalized spacial score (nSPS) is 11.3. The molecule has 0 unspecified atom stereocenters. The maximum absolute atomic E-state index is 12.7. The van der Waals surface area contributed by atoms with E-state index in [0.717, 1.165) is 27.7 Å². The van der Waals surface area contributed by atoms with Crippen molar-refractivity contribution in [1.29, 1.82) is 0 Å². The molecule has 0 aliphatic rings. The highest BCUT2D eigenvalue weighted by atomic mass is 16.1. The quantitative estimate of drug-likeness (QED) is 0.539. The summed E-state index contributed by atoms with van der Waals surface area (Å²) in [6.07, 6.45) is 8.53. The zero-order valence-corrected chi connectivity index (χ0v) is 14.3. The Morgan fingerprint density at radius 2 is 1.96 bits per heavy atom. The third kappa shape index (κ3) is 2.77. The summed E-state index contributed by atoms with van der Waals surface area (Å²) in [7, 11) is 0. The predicted octanol–water partition coefficient (Wildman–Crippen LogP) is 3.38. The minimum Gasteiger partial charge on any atom is -0.346 e. The average molecular weight is 353 g/mol. The third-order valence-corrected chi connectivity index (χ3v) is 4.64. The monoisotopic (exact) mass is 353 g/mol. The van der Waals surface area contributed by atoms with E-state index in [1.807, 2.05) is 36.7 Å². The summed E-state index contributed by atoms with van der Waals surface area (Å²) in [5.74, 6) is 0. The van der Waals surface area contributed by atoms with Crippen molar-refractivity contribution >= 4 is 21.9 Å². The Balaban J connectivity index is 1.52. The smallest absolute Gasteiger partial charge is 0.261 e. The van der Waals surface area contributed by atoms with Crippen LogP contribution in [0.4, 0.5) is 0 Å². The molecule has 130 valence electrons. The van der Waals surface area contributed by atoms with Gasteiger partial charge in [-0.15, -0.1) is 0 Å². The summed E-state index contributed by atoms with van der Waals surface area (Å²) in [5, 5.41) is 1.65. The zero-order valence-electron chi connectivity index (χ0n) is 14.3. The van der Waals surface area contributed by atoms with Gasteiger partial charge in [-0.3, -0.25) is 14.3 Å². The van der Waals surface area contributed by atoms with Gasteiger partial charge in [0, 0.05) is 29.5 Å². The van der Waals surface area contributed by atoms with Crippen LogP contribution < -0.4 is 5.56 Å². The highest BCUT2D eigenvalue weighted by Gasteiger charge is 2.06. The van der Waals surface area contributed by atoms with Gasteiger partial charge in [0.05, 0.1) is 30.0 Å². The number of hydrogen-bond donors (Lipinski definition) is 1. The summed E-state index contributed by atoms with van der Waals surface area (Å²) < 4.78 is 1.62. The van der Waals surface area contributed by atoms with Crippen molar-refractivity contribution in [1.82, 2.24) is 24.5 Å². The molecular formula is C21H15N5O. The molecular weight excluding hydrogens is 338 g/mol. The molecule has 0 aliphatic heterocycles. The summed E-state index contributed by atoms with van der Waals surface area (Å²) in [5.41, 5.74) is 4.55. The molecule has 4 aromatic heterocycles. The molecule has 0 saturated carbocycles. The van der Waals surface area contributed by atoms with Crippen LogP contribution in [0, 0.1) is 0 Å².